The van der Waals surface area contributed by atoms with E-state index < -0.39 is 0 Å². The summed E-state index contributed by atoms with van der Waals surface area (Å²) in [7, 11) is 1.92. The summed E-state index contributed by atoms with van der Waals surface area (Å²) in [4.78, 5) is 16.9. The number of nitrogens with zero attached hydrogens (tertiary/aromatic N) is 4. The Hall–Kier alpha value is -2.25. The van der Waals surface area contributed by atoms with E-state index in [1.807, 2.05) is 35.8 Å². The largest absolute Gasteiger partial charge is 0.370 e. The van der Waals surface area contributed by atoms with Gasteiger partial charge in [0, 0.05) is 44.5 Å². The number of hydrogen-bond donors (Lipinski definition) is 0. The van der Waals surface area contributed by atoms with Crippen LogP contribution < -0.4 is 0 Å². The van der Waals surface area contributed by atoms with Crippen LogP contribution in [0, 0.1) is 18.7 Å². The summed E-state index contributed by atoms with van der Waals surface area (Å²) in [6, 6.07) is 6.46. The van der Waals surface area contributed by atoms with Crippen LogP contribution in [0.5, 0.6) is 0 Å². The van der Waals surface area contributed by atoms with Gasteiger partial charge in [0.25, 0.3) is 0 Å². The van der Waals surface area contributed by atoms with Crippen LogP contribution in [0.2, 0.25) is 0 Å². The molecule has 1 saturated heterocycles. The molecule has 2 heterocycles. The number of halogens is 1. The van der Waals surface area contributed by atoms with Gasteiger partial charge in [0.05, 0.1) is 25.5 Å². The van der Waals surface area contributed by atoms with Crippen molar-refractivity contribution in [1.29, 1.82) is 0 Å². The number of rotatable bonds is 7. The first-order valence-corrected chi connectivity index (χ1v) is 10.2. The van der Waals surface area contributed by atoms with E-state index in [1.54, 1.807) is 6.07 Å². The molecule has 6 nitrogen and oxygen atoms in total. The minimum Gasteiger partial charge on any atom is -0.370 e. The van der Waals surface area contributed by atoms with Crippen LogP contribution in [0.15, 0.2) is 30.5 Å². The van der Waals surface area contributed by atoms with Gasteiger partial charge in [-0.2, -0.15) is 5.10 Å². The third kappa shape index (κ3) is 5.87. The molecule has 1 fully saturated rings. The predicted molar refractivity (Wildman–Crippen MR) is 110 cm³/mol. The second kappa shape index (κ2) is 9.50. The number of benzene rings is 1. The SMILES string of the molecule is Cc1c(CN2CC(=O)N(CC(C)C)CC(OCc3cccc(F)c3)C2)cnn1C. The standard InChI is InChI=1S/C22H31FN4O2/c1-16(2)10-27-13-21(29-15-18-6-5-7-20(23)8-18)12-26(14-22(27)28)11-19-9-24-25(4)17(19)3/h5-9,16,21H,10-15H2,1-4H3. The quantitative estimate of drug-likeness (QED) is 0.715. The molecule has 0 saturated carbocycles. The van der Waals surface area contributed by atoms with Crippen molar-refractivity contribution < 1.29 is 13.9 Å². The normalized spacial score (nSPS) is 18.5. The average Bonchev–Trinajstić information content (AvgIpc) is 2.88. The van der Waals surface area contributed by atoms with Crippen LogP contribution >= 0.6 is 0 Å². The van der Waals surface area contributed by atoms with Gasteiger partial charge >= 0.3 is 0 Å². The van der Waals surface area contributed by atoms with Crippen molar-refractivity contribution in [1.82, 2.24) is 19.6 Å². The van der Waals surface area contributed by atoms with E-state index in [-0.39, 0.29) is 17.8 Å². The summed E-state index contributed by atoms with van der Waals surface area (Å²) in [6.07, 6.45) is 1.72. The molecule has 1 aromatic heterocycles. The predicted octanol–water partition coefficient (Wildman–Crippen LogP) is 2.75. The second-order valence-corrected chi connectivity index (χ2v) is 8.30. The smallest absolute Gasteiger partial charge is 0.236 e. The van der Waals surface area contributed by atoms with Crippen LogP contribution in [0.1, 0.15) is 30.7 Å². The van der Waals surface area contributed by atoms with Crippen molar-refractivity contribution >= 4 is 5.91 Å². The Morgan fingerprint density at radius 2 is 2.10 bits per heavy atom. The van der Waals surface area contributed by atoms with E-state index >= 15 is 0 Å². The molecule has 0 N–H and O–H groups in total. The molecule has 2 aromatic rings. The van der Waals surface area contributed by atoms with Crippen molar-refractivity contribution in [3.63, 3.8) is 0 Å². The molecule has 29 heavy (non-hydrogen) atoms. The third-order valence-corrected chi connectivity index (χ3v) is 5.29. The summed E-state index contributed by atoms with van der Waals surface area (Å²) in [6.45, 7) is 9.49. The maximum Gasteiger partial charge on any atom is 0.236 e. The maximum atomic E-state index is 13.5. The van der Waals surface area contributed by atoms with Crippen molar-refractivity contribution in [3.8, 4) is 0 Å². The zero-order chi connectivity index (χ0) is 21.0. The molecule has 1 aromatic carbocycles. The molecule has 1 unspecified atom stereocenters. The van der Waals surface area contributed by atoms with Gasteiger partial charge in [-0.3, -0.25) is 14.4 Å². The summed E-state index contributed by atoms with van der Waals surface area (Å²) >= 11 is 0. The molecule has 1 amide bonds. The minimum absolute atomic E-state index is 0.122. The van der Waals surface area contributed by atoms with Crippen LogP contribution in [0.4, 0.5) is 4.39 Å². The second-order valence-electron chi connectivity index (χ2n) is 8.30. The Morgan fingerprint density at radius 3 is 2.76 bits per heavy atom. The number of ether oxygens (including phenoxy) is 1. The zero-order valence-corrected chi connectivity index (χ0v) is 17.8. The summed E-state index contributed by atoms with van der Waals surface area (Å²) in [5.41, 5.74) is 3.00. The number of amides is 1. The molecule has 3 rings (SSSR count). The van der Waals surface area contributed by atoms with Crippen molar-refractivity contribution in [2.45, 2.75) is 40.0 Å². The van der Waals surface area contributed by atoms with E-state index in [1.165, 1.54) is 12.1 Å². The third-order valence-electron chi connectivity index (χ3n) is 5.29. The Kier molecular flexibility index (Phi) is 7.03. The fourth-order valence-electron chi connectivity index (χ4n) is 3.67. The lowest BCUT2D eigenvalue weighted by atomic mass is 10.2. The van der Waals surface area contributed by atoms with Crippen LogP contribution in [0.3, 0.4) is 0 Å². The van der Waals surface area contributed by atoms with Gasteiger partial charge in [-0.05, 0) is 30.5 Å². The number of aromatic nitrogens is 2. The van der Waals surface area contributed by atoms with Gasteiger partial charge < -0.3 is 9.64 Å². The summed E-state index contributed by atoms with van der Waals surface area (Å²) < 4.78 is 21.5. The molecule has 0 spiro atoms. The van der Waals surface area contributed by atoms with Crippen molar-refractivity contribution in [3.05, 3.63) is 53.1 Å². The van der Waals surface area contributed by atoms with Gasteiger partial charge in [0.1, 0.15) is 5.82 Å². The highest BCUT2D eigenvalue weighted by Crippen LogP contribution is 2.17. The topological polar surface area (TPSA) is 50.6 Å². The van der Waals surface area contributed by atoms with Gasteiger partial charge in [-0.1, -0.05) is 26.0 Å². The summed E-state index contributed by atoms with van der Waals surface area (Å²) in [5, 5.41) is 4.31. The fraction of sp³-hybridized carbons (Fsp3) is 0.545. The van der Waals surface area contributed by atoms with E-state index in [9.17, 15) is 9.18 Å². The zero-order valence-electron chi connectivity index (χ0n) is 17.8. The highest BCUT2D eigenvalue weighted by atomic mass is 19.1. The highest BCUT2D eigenvalue weighted by molar-refractivity contribution is 5.78. The van der Waals surface area contributed by atoms with Crippen LogP contribution in [0.25, 0.3) is 0 Å². The first-order valence-electron chi connectivity index (χ1n) is 10.2. The number of hydrogen-bond acceptors (Lipinski definition) is 4. The van der Waals surface area contributed by atoms with Crippen molar-refractivity contribution in [2.24, 2.45) is 13.0 Å². The highest BCUT2D eigenvalue weighted by Gasteiger charge is 2.29. The average molecular weight is 403 g/mol. The fourth-order valence-corrected chi connectivity index (χ4v) is 3.67. The molecule has 1 aliphatic rings. The van der Waals surface area contributed by atoms with Crippen molar-refractivity contribution in [2.75, 3.05) is 26.2 Å². The van der Waals surface area contributed by atoms with E-state index in [2.05, 4.69) is 23.8 Å². The molecule has 1 atom stereocenters. The number of aryl methyl sites for hydroxylation is 1. The minimum atomic E-state index is -0.266. The first-order chi connectivity index (χ1) is 13.8. The van der Waals surface area contributed by atoms with E-state index in [4.69, 9.17) is 4.74 Å². The van der Waals surface area contributed by atoms with Gasteiger partial charge in [0.15, 0.2) is 0 Å². The molecule has 0 radical (unpaired) electrons. The Balaban J connectivity index is 1.72. The number of carbonyl (C=O) groups excluding carboxylic acids is 1. The van der Waals surface area contributed by atoms with Gasteiger partial charge in [-0.15, -0.1) is 0 Å². The lowest BCUT2D eigenvalue weighted by Crippen LogP contribution is -2.40. The molecular weight excluding hydrogens is 371 g/mol. The molecule has 7 heteroatoms. The molecule has 158 valence electrons. The lowest BCUT2D eigenvalue weighted by molar-refractivity contribution is -0.132. The summed E-state index contributed by atoms with van der Waals surface area (Å²) in [5.74, 6) is 0.240. The van der Waals surface area contributed by atoms with Gasteiger partial charge in [0.2, 0.25) is 5.91 Å². The van der Waals surface area contributed by atoms with E-state index in [0.717, 1.165) is 16.8 Å². The van der Waals surface area contributed by atoms with Crippen LogP contribution in [-0.2, 0) is 29.7 Å². The number of carbonyl (C=O) groups is 1. The molecular formula is C22H31FN4O2. The van der Waals surface area contributed by atoms with Gasteiger partial charge in [-0.25, -0.2) is 4.39 Å². The molecule has 1 aliphatic heterocycles. The van der Waals surface area contributed by atoms with Crippen LogP contribution in [-0.4, -0.2) is 57.8 Å². The first kappa shape index (κ1) is 21.5. The molecule has 0 aliphatic carbocycles. The molecule has 0 bridgehead atoms. The monoisotopic (exact) mass is 402 g/mol. The van der Waals surface area contributed by atoms with E-state index in [0.29, 0.717) is 45.2 Å². The maximum absolute atomic E-state index is 13.5. The Labute approximate surface area is 172 Å². The lowest BCUT2D eigenvalue weighted by Gasteiger charge is -2.26. The Morgan fingerprint density at radius 1 is 1.31 bits per heavy atom. The Bertz CT molecular complexity index is 836.